The number of anilines is 2. The average molecular weight is 279 g/mol. The van der Waals surface area contributed by atoms with E-state index in [1.54, 1.807) is 18.2 Å². The fraction of sp³-hybridized carbons (Fsp3) is 0.533. The van der Waals surface area contributed by atoms with Gasteiger partial charge in [0.1, 0.15) is 0 Å². The van der Waals surface area contributed by atoms with E-state index in [1.807, 2.05) is 14.1 Å². The Morgan fingerprint density at radius 3 is 2.50 bits per heavy atom. The molecule has 0 aliphatic rings. The molecule has 0 fully saturated rings. The van der Waals surface area contributed by atoms with E-state index in [4.69, 9.17) is 10.8 Å². The Hall–Kier alpha value is -1.75. The minimum atomic E-state index is -0.999. The van der Waals surface area contributed by atoms with Crippen LogP contribution in [0, 0.1) is 5.92 Å². The Morgan fingerprint density at radius 1 is 1.40 bits per heavy atom. The second-order valence-electron chi connectivity index (χ2n) is 5.84. The summed E-state index contributed by atoms with van der Waals surface area (Å²) in [5, 5.41) is 12.4. The Labute approximate surface area is 120 Å². The van der Waals surface area contributed by atoms with Gasteiger partial charge in [-0.05, 0) is 44.6 Å². The molecule has 0 saturated carbocycles. The van der Waals surface area contributed by atoms with Gasteiger partial charge >= 0.3 is 5.97 Å². The van der Waals surface area contributed by atoms with Crippen LogP contribution in [-0.2, 0) is 0 Å². The van der Waals surface area contributed by atoms with Crippen LogP contribution in [0.2, 0.25) is 0 Å². The van der Waals surface area contributed by atoms with Crippen molar-refractivity contribution in [3.63, 3.8) is 0 Å². The molecule has 1 rings (SSSR count). The smallest absolute Gasteiger partial charge is 0.337 e. The highest BCUT2D eigenvalue weighted by atomic mass is 16.4. The van der Waals surface area contributed by atoms with Crippen LogP contribution in [-0.4, -0.2) is 42.7 Å². The quantitative estimate of drug-likeness (QED) is 0.668. The largest absolute Gasteiger partial charge is 0.478 e. The van der Waals surface area contributed by atoms with Gasteiger partial charge in [0, 0.05) is 24.0 Å². The summed E-state index contributed by atoms with van der Waals surface area (Å²) >= 11 is 0. The first-order valence-electron chi connectivity index (χ1n) is 6.83. The zero-order valence-electron chi connectivity index (χ0n) is 12.7. The van der Waals surface area contributed by atoms with Gasteiger partial charge in [-0.3, -0.25) is 0 Å². The van der Waals surface area contributed by atoms with Crippen LogP contribution in [0.15, 0.2) is 18.2 Å². The molecule has 1 unspecified atom stereocenters. The predicted octanol–water partition coefficient (Wildman–Crippen LogP) is 2.36. The molecule has 20 heavy (non-hydrogen) atoms. The van der Waals surface area contributed by atoms with Gasteiger partial charge in [0.15, 0.2) is 0 Å². The standard InChI is InChI=1S/C15H25N3O2/c1-10(2)7-12(9-18(3)4)17-11-5-6-13(15(19)20)14(16)8-11/h5-6,8,10,12,17H,7,9,16H2,1-4H3,(H,19,20). The molecule has 0 amide bonds. The van der Waals surface area contributed by atoms with Gasteiger partial charge in [0.05, 0.1) is 5.56 Å². The maximum absolute atomic E-state index is 10.9. The molecule has 0 heterocycles. The summed E-state index contributed by atoms with van der Waals surface area (Å²) in [7, 11) is 4.08. The van der Waals surface area contributed by atoms with Crippen LogP contribution >= 0.6 is 0 Å². The zero-order chi connectivity index (χ0) is 15.3. The van der Waals surface area contributed by atoms with E-state index in [2.05, 4.69) is 24.1 Å². The van der Waals surface area contributed by atoms with E-state index in [0.29, 0.717) is 12.0 Å². The number of carboxylic acids is 1. The monoisotopic (exact) mass is 279 g/mol. The molecule has 0 bridgehead atoms. The first-order chi connectivity index (χ1) is 9.29. The van der Waals surface area contributed by atoms with Crippen molar-refractivity contribution in [2.75, 3.05) is 31.7 Å². The van der Waals surface area contributed by atoms with Crippen LogP contribution in [0.3, 0.4) is 0 Å². The third-order valence-electron chi connectivity index (χ3n) is 2.99. The van der Waals surface area contributed by atoms with Crippen LogP contribution in [0.25, 0.3) is 0 Å². The van der Waals surface area contributed by atoms with Crippen LogP contribution < -0.4 is 11.1 Å². The number of benzene rings is 1. The van der Waals surface area contributed by atoms with Crippen molar-refractivity contribution in [3.8, 4) is 0 Å². The van der Waals surface area contributed by atoms with E-state index < -0.39 is 5.97 Å². The lowest BCUT2D eigenvalue weighted by Crippen LogP contribution is -2.33. The lowest BCUT2D eigenvalue weighted by Gasteiger charge is -2.25. The number of aromatic carboxylic acids is 1. The van der Waals surface area contributed by atoms with Crippen molar-refractivity contribution in [1.82, 2.24) is 4.90 Å². The van der Waals surface area contributed by atoms with Gasteiger partial charge in [-0.15, -0.1) is 0 Å². The third-order valence-corrected chi connectivity index (χ3v) is 2.99. The summed E-state index contributed by atoms with van der Waals surface area (Å²) in [6.45, 7) is 5.29. The molecule has 0 aliphatic carbocycles. The summed E-state index contributed by atoms with van der Waals surface area (Å²) in [4.78, 5) is 13.1. The number of nitrogen functional groups attached to an aromatic ring is 1. The van der Waals surface area contributed by atoms with Crippen molar-refractivity contribution in [2.24, 2.45) is 5.92 Å². The van der Waals surface area contributed by atoms with Gasteiger partial charge in [-0.1, -0.05) is 13.8 Å². The van der Waals surface area contributed by atoms with Crippen molar-refractivity contribution < 1.29 is 9.90 Å². The molecule has 0 aliphatic heterocycles. The van der Waals surface area contributed by atoms with E-state index in [0.717, 1.165) is 18.7 Å². The fourth-order valence-corrected chi connectivity index (χ4v) is 2.27. The third kappa shape index (κ3) is 5.09. The van der Waals surface area contributed by atoms with Crippen molar-refractivity contribution >= 4 is 17.3 Å². The summed E-state index contributed by atoms with van der Waals surface area (Å²) in [5.41, 5.74) is 7.06. The SMILES string of the molecule is CC(C)CC(CN(C)C)Nc1ccc(C(=O)O)c(N)c1. The molecule has 1 aromatic rings. The molecule has 0 saturated heterocycles. The molecule has 112 valence electrons. The molecule has 4 N–H and O–H groups in total. The van der Waals surface area contributed by atoms with E-state index in [-0.39, 0.29) is 11.3 Å². The lowest BCUT2D eigenvalue weighted by atomic mass is 10.0. The lowest BCUT2D eigenvalue weighted by molar-refractivity contribution is 0.0698. The summed E-state index contributed by atoms with van der Waals surface area (Å²) in [6, 6.07) is 5.30. The summed E-state index contributed by atoms with van der Waals surface area (Å²) < 4.78 is 0. The molecule has 5 nitrogen and oxygen atoms in total. The molecule has 0 radical (unpaired) electrons. The summed E-state index contributed by atoms with van der Waals surface area (Å²) in [6.07, 6.45) is 1.04. The molecular formula is C15H25N3O2. The number of likely N-dealkylation sites (N-methyl/N-ethyl adjacent to an activating group) is 1. The normalized spacial score (nSPS) is 12.7. The van der Waals surface area contributed by atoms with Gasteiger partial charge in [-0.2, -0.15) is 0 Å². The highest BCUT2D eigenvalue weighted by Gasteiger charge is 2.13. The number of carbonyl (C=O) groups is 1. The second-order valence-corrected chi connectivity index (χ2v) is 5.84. The molecular weight excluding hydrogens is 254 g/mol. The van der Waals surface area contributed by atoms with Crippen molar-refractivity contribution in [1.29, 1.82) is 0 Å². The Morgan fingerprint density at radius 2 is 2.05 bits per heavy atom. The topological polar surface area (TPSA) is 78.6 Å². The number of nitrogens with zero attached hydrogens (tertiary/aromatic N) is 1. The highest BCUT2D eigenvalue weighted by Crippen LogP contribution is 2.20. The average Bonchev–Trinajstić information content (AvgIpc) is 2.26. The Bertz CT molecular complexity index is 448. The fourth-order valence-electron chi connectivity index (χ4n) is 2.27. The van der Waals surface area contributed by atoms with Crippen LogP contribution in [0.1, 0.15) is 30.6 Å². The van der Waals surface area contributed by atoms with Gasteiger partial charge < -0.3 is 21.1 Å². The minimum Gasteiger partial charge on any atom is -0.478 e. The van der Waals surface area contributed by atoms with Gasteiger partial charge in [0.25, 0.3) is 0 Å². The Balaban J connectivity index is 2.82. The first kappa shape index (κ1) is 16.3. The van der Waals surface area contributed by atoms with E-state index in [1.165, 1.54) is 0 Å². The van der Waals surface area contributed by atoms with Crippen molar-refractivity contribution in [3.05, 3.63) is 23.8 Å². The highest BCUT2D eigenvalue weighted by molar-refractivity contribution is 5.94. The Kier molecular flexibility index (Phi) is 5.82. The number of hydrogen-bond acceptors (Lipinski definition) is 4. The number of nitrogens with two attached hydrogens (primary N) is 1. The molecule has 5 heteroatoms. The number of carboxylic acid groups (broad SMARTS) is 1. The molecule has 1 aromatic carbocycles. The first-order valence-corrected chi connectivity index (χ1v) is 6.83. The van der Waals surface area contributed by atoms with E-state index >= 15 is 0 Å². The van der Waals surface area contributed by atoms with E-state index in [9.17, 15) is 4.79 Å². The van der Waals surface area contributed by atoms with Gasteiger partial charge in [0.2, 0.25) is 0 Å². The molecule has 1 atom stereocenters. The van der Waals surface area contributed by atoms with Gasteiger partial charge in [-0.25, -0.2) is 4.79 Å². The number of nitrogens with one attached hydrogen (secondary N) is 1. The second kappa shape index (κ2) is 7.14. The summed E-state index contributed by atoms with van der Waals surface area (Å²) in [5.74, 6) is -0.413. The van der Waals surface area contributed by atoms with Crippen molar-refractivity contribution in [2.45, 2.75) is 26.3 Å². The maximum atomic E-state index is 10.9. The number of hydrogen-bond donors (Lipinski definition) is 3. The molecule has 0 spiro atoms. The maximum Gasteiger partial charge on any atom is 0.337 e. The predicted molar refractivity (Wildman–Crippen MR) is 83.2 cm³/mol. The molecule has 0 aromatic heterocycles. The zero-order valence-corrected chi connectivity index (χ0v) is 12.7. The minimum absolute atomic E-state index is 0.142. The van der Waals surface area contributed by atoms with Crippen LogP contribution in [0.5, 0.6) is 0 Å². The number of rotatable bonds is 7. The van der Waals surface area contributed by atoms with Crippen LogP contribution in [0.4, 0.5) is 11.4 Å².